The van der Waals surface area contributed by atoms with Crippen LogP contribution in [0.3, 0.4) is 0 Å². The van der Waals surface area contributed by atoms with E-state index in [1.54, 1.807) is 27.7 Å². The molecule has 3 N–H and O–H groups in total. The molecule has 4 saturated heterocycles. The van der Waals surface area contributed by atoms with Gasteiger partial charge in [0.15, 0.2) is 0 Å². The Morgan fingerprint density at radius 3 is 1.79 bits per heavy atom. The zero-order valence-corrected chi connectivity index (χ0v) is 66.7. The average Bonchev–Trinajstić information content (AvgIpc) is 1.70. The molecule has 12 amide bonds. The Labute approximate surface area is 646 Å². The molecule has 26 nitrogen and oxygen atoms in total. The molecule has 8 aliphatic rings. The minimum absolute atomic E-state index is 0.000335. The zero-order chi connectivity index (χ0) is 82.0. The van der Waals surface area contributed by atoms with Crippen LogP contribution in [0.15, 0.2) is 0 Å². The molecular formula is C77H120F8N12O14. The lowest BCUT2D eigenvalue weighted by molar-refractivity contribution is -0.219. The molecule has 628 valence electrons. The van der Waals surface area contributed by atoms with Crippen molar-refractivity contribution in [3.8, 4) is 0 Å². The fourth-order valence-electron chi connectivity index (χ4n) is 18.4. The average molecular weight is 1590 g/mol. The number of hydrogen-bond donors (Lipinski definition) is 3. The van der Waals surface area contributed by atoms with E-state index in [1.165, 1.54) is 57.0 Å². The first-order valence-corrected chi connectivity index (χ1v) is 40.2. The van der Waals surface area contributed by atoms with E-state index in [2.05, 4.69) is 16.0 Å². The maximum atomic E-state index is 15.8. The molecule has 111 heavy (non-hydrogen) atoms. The first-order chi connectivity index (χ1) is 52.2. The predicted octanol–water partition coefficient (Wildman–Crippen LogP) is 6.20. The van der Waals surface area contributed by atoms with Gasteiger partial charge in [0.05, 0.1) is 44.7 Å². The summed E-state index contributed by atoms with van der Waals surface area (Å²) in [4.78, 5) is 194. The number of morpholine rings is 1. The number of halogens is 8. The predicted molar refractivity (Wildman–Crippen MR) is 390 cm³/mol. The number of amides is 12. The number of carbonyl (C=O) groups is 12. The highest BCUT2D eigenvalue weighted by Gasteiger charge is 2.56. The van der Waals surface area contributed by atoms with Crippen molar-refractivity contribution in [1.29, 1.82) is 0 Å². The fraction of sp³-hybridized carbons (Fsp3) is 0.844. The maximum Gasteiger partial charge on any atom is 0.397 e. The van der Waals surface area contributed by atoms with Crippen LogP contribution in [0.5, 0.6) is 0 Å². The van der Waals surface area contributed by atoms with Crippen molar-refractivity contribution < 1.29 is 102 Å². The summed E-state index contributed by atoms with van der Waals surface area (Å²) >= 11 is 0. The van der Waals surface area contributed by atoms with Crippen molar-refractivity contribution in [3.63, 3.8) is 0 Å². The van der Waals surface area contributed by atoms with Gasteiger partial charge >= 0.3 is 12.4 Å². The molecule has 0 aromatic carbocycles. The summed E-state index contributed by atoms with van der Waals surface area (Å²) in [5.74, 6) is -17.4. The molecule has 4 aliphatic heterocycles. The van der Waals surface area contributed by atoms with Crippen LogP contribution in [0.1, 0.15) is 183 Å². The first-order valence-electron chi connectivity index (χ1n) is 40.2. The Morgan fingerprint density at radius 1 is 0.604 bits per heavy atom. The molecule has 0 aromatic rings. The first kappa shape index (κ1) is 89.5. The van der Waals surface area contributed by atoms with Crippen LogP contribution >= 0.6 is 0 Å². The standard InChI is InChI=1S/C77H120F8N12O14/c1-13-44(4)64-72(107)90(8)43-62(100)92(10)57-34-45(5)46(6)40-96(71(57)106)59(37-47-22-25-50(26-23-47)76(80,81)82)69(104)89(7)42-60(98)86-54(27-24-48-35-52(78)63(53(79)36-48)77(83,84)85)68(103)97-41-51(111-15-3)38-56(97)67(102)88-75(28-18-19-29-75)74(109)94(12)65(49-20-16-17-21-49)73(108)93(11)58(70(105)95-30-32-110-33-31-95)39-61(99)91(9)55(14-2)66(101)87-64/h44-59,63-65H,13-43H2,1-12H3,(H,86,98)(H,87,101)(H,88,102)/t44-,45-,46?,47?,48?,50?,51+,52?,53?,54-,55-,56-,57-,58-,59-,63?,64-,65-/m0/s1. The Bertz CT molecular complexity index is 3280. The fourth-order valence-corrected chi connectivity index (χ4v) is 18.4. The molecule has 2 bridgehead atoms. The largest absolute Gasteiger partial charge is 0.397 e. The topological polar surface area (TPSA) is 289 Å². The Hall–Kier alpha value is -7.00. The summed E-state index contributed by atoms with van der Waals surface area (Å²) in [5.41, 5.74) is -1.73. The second kappa shape index (κ2) is 38.4. The smallest absolute Gasteiger partial charge is 0.378 e. The van der Waals surface area contributed by atoms with E-state index in [9.17, 15) is 50.3 Å². The summed E-state index contributed by atoms with van der Waals surface area (Å²) in [6.45, 7) is 9.14. The van der Waals surface area contributed by atoms with Gasteiger partial charge in [0.1, 0.15) is 72.1 Å². The third-order valence-corrected chi connectivity index (χ3v) is 25.7. The van der Waals surface area contributed by atoms with E-state index in [0.717, 1.165) is 29.4 Å². The number of fused-ring (bicyclic) bond motifs is 3. The molecule has 14 atom stereocenters. The SMILES string of the molecule is CCO[C@@H]1C[C@H]2C(=O)NC3(CCCC3)C(=O)N(C)[C@@H](C3CCCC3)C(=O)N(C)[C@H](C(=O)N3CCOCC3)CC(=O)N(C)[C@@H](CC)C(=O)N[C@@H]([C@@H](C)CC)C(=O)N(C)CC(=O)N(C)[C@H]3C[C@H](C)C(C)CN(C3=O)[C@@H](CC3CCC(C(F)(F)F)CC3)C(=O)N(C)CC(=O)N[C@@H](CCC3CC(F)C(C(F)(F)F)C(F)C3)C(=O)N2C1. The minimum atomic E-state index is -5.22. The molecule has 8 fully saturated rings. The third kappa shape index (κ3) is 21.3. The van der Waals surface area contributed by atoms with E-state index in [4.69, 9.17) is 9.47 Å². The van der Waals surface area contributed by atoms with Crippen molar-refractivity contribution in [2.45, 2.75) is 267 Å². The molecule has 34 heteroatoms. The van der Waals surface area contributed by atoms with Gasteiger partial charge in [-0.2, -0.15) is 26.3 Å². The molecule has 4 aliphatic carbocycles. The van der Waals surface area contributed by atoms with Crippen LogP contribution in [-0.4, -0.2) is 301 Å². The number of likely N-dealkylation sites (N-methyl/N-ethyl adjacent to an activating group) is 6. The summed E-state index contributed by atoms with van der Waals surface area (Å²) in [6.07, 6.45) is -16.2. The van der Waals surface area contributed by atoms with E-state index >= 15 is 42.3 Å². The maximum absolute atomic E-state index is 15.8. The van der Waals surface area contributed by atoms with E-state index < -0.39 is 236 Å². The Balaban J connectivity index is 1.22. The van der Waals surface area contributed by atoms with Crippen molar-refractivity contribution in [2.75, 3.05) is 101 Å². The molecule has 8 rings (SSSR count). The summed E-state index contributed by atoms with van der Waals surface area (Å²) in [6, 6.07) is -11.3. The lowest BCUT2D eigenvalue weighted by atomic mass is 9.76. The molecule has 3 unspecified atom stereocenters. The van der Waals surface area contributed by atoms with Crippen molar-refractivity contribution in [1.82, 2.24) is 60.0 Å². The van der Waals surface area contributed by atoms with Gasteiger partial charge in [-0.1, -0.05) is 66.7 Å². The molecule has 4 saturated carbocycles. The van der Waals surface area contributed by atoms with Gasteiger partial charge in [-0.25, -0.2) is 8.78 Å². The number of hydrogen-bond acceptors (Lipinski definition) is 14. The molecule has 0 radical (unpaired) electrons. The van der Waals surface area contributed by atoms with Crippen LogP contribution < -0.4 is 16.0 Å². The third-order valence-electron chi connectivity index (χ3n) is 25.7. The summed E-state index contributed by atoms with van der Waals surface area (Å²) in [7, 11) is 8.09. The number of alkyl halides is 8. The second-order valence-electron chi connectivity index (χ2n) is 33.1. The van der Waals surface area contributed by atoms with Gasteiger partial charge in [-0.05, 0) is 139 Å². The van der Waals surface area contributed by atoms with Gasteiger partial charge in [-0.3, -0.25) is 57.5 Å². The van der Waals surface area contributed by atoms with Crippen molar-refractivity contribution in [2.24, 2.45) is 47.3 Å². The van der Waals surface area contributed by atoms with E-state index in [1.807, 2.05) is 13.8 Å². The second-order valence-corrected chi connectivity index (χ2v) is 33.1. The van der Waals surface area contributed by atoms with Gasteiger partial charge in [0, 0.05) is 81.5 Å². The number of nitrogens with one attached hydrogen (secondary N) is 3. The lowest BCUT2D eigenvalue weighted by Crippen LogP contribution is -2.65. The normalized spacial score (nSPS) is 33.5. The molecular weight excluding hydrogens is 1470 g/mol. The van der Waals surface area contributed by atoms with Crippen LogP contribution in [0.25, 0.3) is 0 Å². The Kier molecular flexibility index (Phi) is 31.0. The van der Waals surface area contributed by atoms with Crippen LogP contribution in [0.4, 0.5) is 35.1 Å². The number of ether oxygens (including phenoxy) is 2. The van der Waals surface area contributed by atoms with Crippen LogP contribution in [0, 0.1) is 47.3 Å². The van der Waals surface area contributed by atoms with E-state index in [0.29, 0.717) is 44.9 Å². The number of carbonyl (C=O) groups excluding carboxylic acids is 12. The van der Waals surface area contributed by atoms with E-state index in [-0.39, 0.29) is 123 Å². The van der Waals surface area contributed by atoms with Gasteiger partial charge in [0.25, 0.3) is 0 Å². The number of rotatable bonds is 12. The van der Waals surface area contributed by atoms with Gasteiger partial charge < -0.3 is 69.5 Å². The van der Waals surface area contributed by atoms with Gasteiger partial charge in [-0.15, -0.1) is 0 Å². The monoisotopic (exact) mass is 1590 g/mol. The summed E-state index contributed by atoms with van der Waals surface area (Å²) < 4.78 is 127. The highest BCUT2D eigenvalue weighted by molar-refractivity contribution is 6.01. The molecule has 0 aromatic heterocycles. The summed E-state index contributed by atoms with van der Waals surface area (Å²) in [5, 5.41) is 8.49. The lowest BCUT2D eigenvalue weighted by Gasteiger charge is -2.42. The van der Waals surface area contributed by atoms with Crippen LogP contribution in [-0.2, 0) is 67.0 Å². The van der Waals surface area contributed by atoms with Gasteiger partial charge in [0.2, 0.25) is 70.9 Å². The zero-order valence-electron chi connectivity index (χ0n) is 66.7. The molecule has 1 spiro atoms. The Morgan fingerprint density at radius 2 is 1.22 bits per heavy atom. The van der Waals surface area contributed by atoms with Crippen molar-refractivity contribution >= 4 is 70.9 Å². The molecule has 4 heterocycles. The minimum Gasteiger partial charge on any atom is -0.378 e. The quantitative estimate of drug-likeness (QED) is 0.183. The van der Waals surface area contributed by atoms with Crippen LogP contribution in [0.2, 0.25) is 0 Å². The number of nitrogens with zero attached hydrogens (tertiary/aromatic N) is 9. The highest BCUT2D eigenvalue weighted by atomic mass is 19.4. The van der Waals surface area contributed by atoms with Crippen molar-refractivity contribution in [3.05, 3.63) is 0 Å². The highest BCUT2D eigenvalue weighted by Crippen LogP contribution is 2.46.